The molecule has 6 nitrogen and oxygen atoms in total. The maximum atomic E-state index is 13.1. The van der Waals surface area contributed by atoms with Crippen LogP contribution in [0.4, 0.5) is 14.5 Å². The van der Waals surface area contributed by atoms with E-state index in [1.54, 1.807) is 18.2 Å². The molecule has 0 saturated carbocycles. The lowest BCUT2D eigenvalue weighted by Gasteiger charge is -2.11. The molecule has 0 aliphatic rings. The number of methoxy groups -OCH3 is 1. The second-order valence-electron chi connectivity index (χ2n) is 5.57. The average molecular weight is 391 g/mol. The molecule has 0 heterocycles. The summed E-state index contributed by atoms with van der Waals surface area (Å²) in [7, 11) is 1.47. The first-order valence-corrected chi connectivity index (χ1v) is 8.26. The fourth-order valence-corrected chi connectivity index (χ4v) is 2.25. The number of nitrogens with one attached hydrogen (secondary N) is 1. The Morgan fingerprint density at radius 1 is 1.04 bits per heavy atom. The molecular weight excluding hydrogens is 372 g/mol. The summed E-state index contributed by atoms with van der Waals surface area (Å²) in [6, 6.07) is 7.73. The van der Waals surface area contributed by atoms with Gasteiger partial charge in [0.15, 0.2) is 24.7 Å². The first-order valence-electron chi connectivity index (χ1n) is 8.26. The van der Waals surface area contributed by atoms with Gasteiger partial charge in [-0.1, -0.05) is 18.2 Å². The largest absolute Gasteiger partial charge is 0.493 e. The summed E-state index contributed by atoms with van der Waals surface area (Å²) in [5.41, 5.74) is 0.820. The van der Waals surface area contributed by atoms with Crippen LogP contribution >= 0.6 is 0 Å². The molecular formula is C20H19F2NO5. The minimum absolute atomic E-state index is 0.0826. The summed E-state index contributed by atoms with van der Waals surface area (Å²) < 4.78 is 41.5. The minimum Gasteiger partial charge on any atom is -0.493 e. The number of carbonyl (C=O) groups excluding carboxylic acids is 2. The molecule has 2 aromatic carbocycles. The van der Waals surface area contributed by atoms with E-state index in [0.29, 0.717) is 17.6 Å². The predicted molar refractivity (Wildman–Crippen MR) is 99.1 cm³/mol. The Bertz CT molecular complexity index is 863. The fraction of sp³-hybridized carbons (Fsp3) is 0.200. The number of allylic oxidation sites excluding steroid dienone is 1. The van der Waals surface area contributed by atoms with Gasteiger partial charge in [-0.3, -0.25) is 4.79 Å². The molecule has 0 atom stereocenters. The highest BCUT2D eigenvalue weighted by atomic mass is 19.1. The number of benzene rings is 2. The SMILES string of the molecule is C/C=C/c1ccc(OCC(=O)OCC(=O)Nc2cc(F)cc(F)c2)c(OC)c1. The summed E-state index contributed by atoms with van der Waals surface area (Å²) in [5.74, 6) is -2.43. The van der Waals surface area contributed by atoms with Gasteiger partial charge in [0.2, 0.25) is 0 Å². The van der Waals surface area contributed by atoms with E-state index >= 15 is 0 Å². The van der Waals surface area contributed by atoms with E-state index < -0.39 is 36.7 Å². The van der Waals surface area contributed by atoms with Gasteiger partial charge in [0.1, 0.15) is 11.6 Å². The molecule has 0 aliphatic heterocycles. The van der Waals surface area contributed by atoms with Crippen LogP contribution in [0, 0.1) is 11.6 Å². The van der Waals surface area contributed by atoms with Gasteiger partial charge in [0.25, 0.3) is 5.91 Å². The normalized spacial score (nSPS) is 10.6. The molecule has 0 spiro atoms. The number of esters is 1. The first-order chi connectivity index (χ1) is 13.4. The molecule has 0 bridgehead atoms. The second kappa shape index (κ2) is 10.1. The van der Waals surface area contributed by atoms with E-state index in [0.717, 1.165) is 17.7 Å². The summed E-state index contributed by atoms with van der Waals surface area (Å²) in [6.07, 6.45) is 3.75. The molecule has 0 radical (unpaired) electrons. The van der Waals surface area contributed by atoms with Crippen molar-refractivity contribution in [2.75, 3.05) is 25.6 Å². The maximum Gasteiger partial charge on any atom is 0.344 e. The Labute approximate surface area is 160 Å². The van der Waals surface area contributed by atoms with Crippen LogP contribution in [0.5, 0.6) is 11.5 Å². The van der Waals surface area contributed by atoms with Gasteiger partial charge < -0.3 is 19.5 Å². The van der Waals surface area contributed by atoms with E-state index in [1.807, 2.05) is 19.1 Å². The molecule has 28 heavy (non-hydrogen) atoms. The van der Waals surface area contributed by atoms with Crippen LogP contribution in [-0.2, 0) is 14.3 Å². The molecule has 2 aromatic rings. The number of amides is 1. The lowest BCUT2D eigenvalue weighted by atomic mass is 10.2. The fourth-order valence-electron chi connectivity index (χ4n) is 2.25. The van der Waals surface area contributed by atoms with Crippen LogP contribution in [-0.4, -0.2) is 32.2 Å². The number of ether oxygens (including phenoxy) is 3. The van der Waals surface area contributed by atoms with Crippen LogP contribution in [0.2, 0.25) is 0 Å². The van der Waals surface area contributed by atoms with Crippen LogP contribution in [0.3, 0.4) is 0 Å². The molecule has 8 heteroatoms. The monoisotopic (exact) mass is 391 g/mol. The molecule has 0 fully saturated rings. The van der Waals surface area contributed by atoms with E-state index in [1.165, 1.54) is 7.11 Å². The van der Waals surface area contributed by atoms with Crippen molar-refractivity contribution >= 4 is 23.6 Å². The Morgan fingerprint density at radius 3 is 2.39 bits per heavy atom. The van der Waals surface area contributed by atoms with Gasteiger partial charge in [0, 0.05) is 11.8 Å². The zero-order valence-corrected chi connectivity index (χ0v) is 15.3. The summed E-state index contributed by atoms with van der Waals surface area (Å²) in [6.45, 7) is 0.812. The number of hydrogen-bond acceptors (Lipinski definition) is 5. The molecule has 1 N–H and O–H groups in total. The van der Waals surface area contributed by atoms with Gasteiger partial charge in [-0.05, 0) is 36.8 Å². The smallest absolute Gasteiger partial charge is 0.344 e. The highest BCUT2D eigenvalue weighted by Crippen LogP contribution is 2.28. The van der Waals surface area contributed by atoms with Crippen molar-refractivity contribution in [3.63, 3.8) is 0 Å². The number of anilines is 1. The maximum absolute atomic E-state index is 13.1. The van der Waals surface area contributed by atoms with Crippen molar-refractivity contribution < 1.29 is 32.6 Å². The Morgan fingerprint density at radius 2 is 1.75 bits per heavy atom. The summed E-state index contributed by atoms with van der Waals surface area (Å²) in [5, 5.41) is 2.23. The third-order valence-corrected chi connectivity index (χ3v) is 3.40. The number of halogens is 2. The Kier molecular flexibility index (Phi) is 7.50. The molecule has 0 aromatic heterocycles. The summed E-state index contributed by atoms with van der Waals surface area (Å²) in [4.78, 5) is 23.5. The van der Waals surface area contributed by atoms with Crippen molar-refractivity contribution in [2.24, 2.45) is 0 Å². The van der Waals surface area contributed by atoms with E-state index in [9.17, 15) is 18.4 Å². The van der Waals surface area contributed by atoms with Crippen molar-refractivity contribution in [3.05, 3.63) is 59.7 Å². The number of hydrogen-bond donors (Lipinski definition) is 1. The van der Waals surface area contributed by atoms with Gasteiger partial charge in [-0.2, -0.15) is 0 Å². The van der Waals surface area contributed by atoms with E-state index in [4.69, 9.17) is 14.2 Å². The predicted octanol–water partition coefficient (Wildman–Crippen LogP) is 3.57. The molecule has 2 rings (SSSR count). The molecule has 0 unspecified atom stereocenters. The van der Waals surface area contributed by atoms with Crippen molar-refractivity contribution in [1.82, 2.24) is 0 Å². The van der Waals surface area contributed by atoms with Gasteiger partial charge >= 0.3 is 5.97 Å². The molecule has 0 saturated heterocycles. The third-order valence-electron chi connectivity index (χ3n) is 3.40. The molecule has 1 amide bonds. The zero-order chi connectivity index (χ0) is 20.5. The van der Waals surface area contributed by atoms with Crippen molar-refractivity contribution in [1.29, 1.82) is 0 Å². The van der Waals surface area contributed by atoms with Crippen molar-refractivity contribution in [2.45, 2.75) is 6.92 Å². The lowest BCUT2D eigenvalue weighted by Crippen LogP contribution is -2.23. The van der Waals surface area contributed by atoms with E-state index in [2.05, 4.69) is 5.32 Å². The molecule has 0 aliphatic carbocycles. The second-order valence-corrected chi connectivity index (χ2v) is 5.57. The topological polar surface area (TPSA) is 73.9 Å². The van der Waals surface area contributed by atoms with Gasteiger partial charge in [-0.15, -0.1) is 0 Å². The quantitative estimate of drug-likeness (QED) is 0.697. The zero-order valence-electron chi connectivity index (χ0n) is 15.3. The van der Waals surface area contributed by atoms with Crippen LogP contribution in [0.25, 0.3) is 6.08 Å². The van der Waals surface area contributed by atoms with Crippen LogP contribution < -0.4 is 14.8 Å². The molecule has 148 valence electrons. The van der Waals surface area contributed by atoms with Crippen molar-refractivity contribution in [3.8, 4) is 11.5 Å². The number of carbonyl (C=O) groups is 2. The summed E-state index contributed by atoms with van der Waals surface area (Å²) >= 11 is 0. The number of rotatable bonds is 8. The standard InChI is InChI=1S/C20H19F2NO5/c1-3-4-13-5-6-17(18(7-13)26-2)27-12-20(25)28-11-19(24)23-16-9-14(21)8-15(22)10-16/h3-10H,11-12H2,1-2H3,(H,23,24)/b4-3+. The third kappa shape index (κ3) is 6.39. The van der Waals surface area contributed by atoms with E-state index in [-0.39, 0.29) is 5.69 Å². The average Bonchev–Trinajstić information content (AvgIpc) is 2.64. The highest BCUT2D eigenvalue weighted by Gasteiger charge is 2.12. The minimum atomic E-state index is -0.838. The first kappa shape index (κ1) is 20.9. The Hall–Kier alpha value is -3.42. The lowest BCUT2D eigenvalue weighted by molar-refractivity contribution is -0.149. The van der Waals surface area contributed by atoms with Crippen LogP contribution in [0.1, 0.15) is 12.5 Å². The van der Waals surface area contributed by atoms with Crippen LogP contribution in [0.15, 0.2) is 42.5 Å². The van der Waals surface area contributed by atoms with Gasteiger partial charge in [0.05, 0.1) is 7.11 Å². The highest BCUT2D eigenvalue weighted by molar-refractivity contribution is 5.92. The Balaban J connectivity index is 1.83. The van der Waals surface area contributed by atoms with Gasteiger partial charge in [-0.25, -0.2) is 13.6 Å².